The number of hydrogen-bond acceptors (Lipinski definition) is 0. The van der Waals surface area contributed by atoms with E-state index in [0.29, 0.717) is 0 Å². The van der Waals surface area contributed by atoms with Crippen molar-refractivity contribution in [1.29, 1.82) is 0 Å². The Morgan fingerprint density at radius 3 is 1.79 bits per heavy atom. The predicted octanol–water partition coefficient (Wildman–Crippen LogP) is 8.31. The van der Waals surface area contributed by atoms with Gasteiger partial charge in [0.2, 0.25) is 0 Å². The van der Waals surface area contributed by atoms with Crippen LogP contribution in [0.5, 0.6) is 0 Å². The molecule has 0 N–H and O–H groups in total. The van der Waals surface area contributed by atoms with Crippen molar-refractivity contribution < 1.29 is 20.9 Å². The third-order valence-electron chi connectivity index (χ3n) is 7.95. The Balaban J connectivity index is 0.000000165. The summed E-state index contributed by atoms with van der Waals surface area (Å²) in [7, 11) is 0. The first-order valence-electron chi connectivity index (χ1n) is 12.8. The van der Waals surface area contributed by atoms with Crippen molar-refractivity contribution >= 4 is 5.92 Å². The van der Waals surface area contributed by atoms with Gasteiger partial charge in [0.1, 0.15) is 0 Å². The molecule has 2 aromatic carbocycles. The largest absolute Gasteiger partial charge is 0.0622 e. The number of allylic oxidation sites excluding steroid dienone is 8. The molecule has 1 heterocycles. The Labute approximate surface area is 210 Å². The van der Waals surface area contributed by atoms with Crippen molar-refractivity contribution in [2.75, 3.05) is 0 Å². The first-order chi connectivity index (χ1) is 16.1. The second-order valence-corrected chi connectivity index (χ2v) is 26.8. The van der Waals surface area contributed by atoms with E-state index in [4.69, 9.17) is 0 Å². The van der Waals surface area contributed by atoms with Crippen LogP contribution in [0.15, 0.2) is 102 Å². The number of benzene rings is 2. The smallest absolute Gasteiger partial charge is 0.0238 e. The van der Waals surface area contributed by atoms with Crippen molar-refractivity contribution in [3.05, 3.63) is 113 Å². The second-order valence-electron chi connectivity index (χ2n) is 9.91. The normalized spacial score (nSPS) is 19.9. The van der Waals surface area contributed by atoms with E-state index in [0.717, 1.165) is 18.8 Å². The van der Waals surface area contributed by atoms with E-state index < -0.39 is 20.9 Å². The van der Waals surface area contributed by atoms with Gasteiger partial charge in [0.05, 0.1) is 0 Å². The maximum atomic E-state index is 2.51. The Morgan fingerprint density at radius 2 is 1.39 bits per heavy atom. The zero-order valence-electron chi connectivity index (χ0n) is 20.9. The maximum absolute atomic E-state index is 2.51. The summed E-state index contributed by atoms with van der Waals surface area (Å²) >= 11 is -1.44. The molecule has 1 unspecified atom stereocenters. The van der Waals surface area contributed by atoms with Crippen molar-refractivity contribution in [1.82, 2.24) is 0 Å². The summed E-state index contributed by atoms with van der Waals surface area (Å²) in [5.74, 6) is 0.432. The molecule has 2 heteroatoms. The van der Waals surface area contributed by atoms with Crippen LogP contribution in [0.2, 0.25) is 12.1 Å². The molecule has 1 atom stereocenters. The molecule has 5 rings (SSSR count). The maximum Gasteiger partial charge on any atom is -0.0238 e. The molecule has 3 aliphatic rings. The fourth-order valence-corrected chi connectivity index (χ4v) is 31.6. The zero-order valence-corrected chi connectivity index (χ0v) is 24.5. The van der Waals surface area contributed by atoms with E-state index in [9.17, 15) is 0 Å². The molecule has 33 heavy (non-hydrogen) atoms. The summed E-state index contributed by atoms with van der Waals surface area (Å²) in [4.78, 5) is 0. The summed E-state index contributed by atoms with van der Waals surface area (Å²) in [6.45, 7) is 9.65. The summed E-state index contributed by atoms with van der Waals surface area (Å²) in [6, 6.07) is 24.6. The van der Waals surface area contributed by atoms with Crippen molar-refractivity contribution in [2.45, 2.75) is 65.5 Å². The molecule has 0 aromatic heterocycles. The van der Waals surface area contributed by atoms with Gasteiger partial charge in [-0.1, -0.05) is 60.7 Å². The van der Waals surface area contributed by atoms with Gasteiger partial charge >= 0.3 is 127 Å². The van der Waals surface area contributed by atoms with E-state index in [2.05, 4.69) is 107 Å². The van der Waals surface area contributed by atoms with Gasteiger partial charge in [0, 0.05) is 0 Å². The number of aryl methyl sites for hydroxylation is 2. The Hall–Kier alpha value is -1.50. The van der Waals surface area contributed by atoms with Crippen LogP contribution in [-0.4, -0.2) is 5.92 Å². The molecular weight excluding hydrogens is 492 g/mol. The van der Waals surface area contributed by atoms with Gasteiger partial charge in [-0.15, -0.1) is 0 Å². The quantitative estimate of drug-likeness (QED) is 0.329. The van der Waals surface area contributed by atoms with E-state index in [1.165, 1.54) is 17.5 Å². The minimum atomic E-state index is -1.44. The Morgan fingerprint density at radius 1 is 0.818 bits per heavy atom. The van der Waals surface area contributed by atoms with Crippen LogP contribution in [0.4, 0.5) is 0 Å². The summed E-state index contributed by atoms with van der Waals surface area (Å²) < 4.78 is 3.94. The van der Waals surface area contributed by atoms with Gasteiger partial charge < -0.3 is 0 Å². The average Bonchev–Trinajstić information content (AvgIpc) is 3.41. The minimum absolute atomic E-state index is 0.350. The third kappa shape index (κ3) is 5.95. The minimum Gasteiger partial charge on any atom is -0.0622 e. The SMILES string of the molecule is CC1=C(C)C(C)[C]([Zr]([C]2=CC=CC2)[SiH]2CCC2)=C1C.c1ccc(CCc2ccccc2)cc1. The van der Waals surface area contributed by atoms with Crippen LogP contribution in [0.3, 0.4) is 0 Å². The van der Waals surface area contributed by atoms with E-state index >= 15 is 0 Å². The van der Waals surface area contributed by atoms with E-state index in [-0.39, 0.29) is 5.92 Å². The first-order valence-corrected chi connectivity index (χ1v) is 21.7. The molecule has 1 aliphatic heterocycles. The predicted molar refractivity (Wildman–Crippen MR) is 144 cm³/mol. The second kappa shape index (κ2) is 11.8. The van der Waals surface area contributed by atoms with Crippen LogP contribution >= 0.6 is 0 Å². The molecule has 1 fully saturated rings. The van der Waals surface area contributed by atoms with Crippen LogP contribution < -0.4 is 0 Å². The summed E-state index contributed by atoms with van der Waals surface area (Å²) in [5, 5.41) is 0. The average molecular weight is 531 g/mol. The van der Waals surface area contributed by atoms with Crippen LogP contribution in [0.25, 0.3) is 0 Å². The molecule has 0 nitrogen and oxygen atoms in total. The molecule has 0 spiro atoms. The van der Waals surface area contributed by atoms with Gasteiger partial charge in [-0.2, -0.15) is 0 Å². The first kappa shape index (κ1) is 24.6. The molecule has 0 amide bonds. The van der Waals surface area contributed by atoms with Gasteiger partial charge in [-0.05, 0) is 24.0 Å². The monoisotopic (exact) mass is 529 g/mol. The topological polar surface area (TPSA) is 0 Å². The van der Waals surface area contributed by atoms with Gasteiger partial charge in [-0.3, -0.25) is 0 Å². The van der Waals surface area contributed by atoms with Gasteiger partial charge in [0.25, 0.3) is 0 Å². The molecule has 171 valence electrons. The molecular formula is C31H39SiZr. The van der Waals surface area contributed by atoms with Crippen LogP contribution in [-0.2, 0) is 33.8 Å². The molecule has 0 bridgehead atoms. The van der Waals surface area contributed by atoms with Crippen molar-refractivity contribution in [3.63, 3.8) is 0 Å². The van der Waals surface area contributed by atoms with E-state index in [1.807, 2.05) is 6.56 Å². The van der Waals surface area contributed by atoms with Crippen LogP contribution in [0, 0.1) is 5.92 Å². The number of hydrogen-bond donors (Lipinski definition) is 0. The molecule has 0 saturated carbocycles. The van der Waals surface area contributed by atoms with Gasteiger partial charge in [-0.25, -0.2) is 0 Å². The van der Waals surface area contributed by atoms with Crippen LogP contribution in [0.1, 0.15) is 51.7 Å². The Kier molecular flexibility index (Phi) is 8.78. The molecule has 1 saturated heterocycles. The standard InChI is InChI=1S/C14H14.C9H13.C5H5.C3H7Si.Zr/c1-3-7-13(8-4-1)11-12-14-9-5-2-6-10-14;1-6-5-7(2)9(4)8(6)3;1-2-4-5-3-1;1-2-4-3-1;/h1-10H,11-12H2;6H,1-4H3;1-3H,4H2;4H,1-3H2;. The summed E-state index contributed by atoms with van der Waals surface area (Å²) in [6.07, 6.45) is 12.3. The molecule has 2 aliphatic carbocycles. The van der Waals surface area contributed by atoms with Crippen molar-refractivity contribution in [3.8, 4) is 0 Å². The zero-order chi connectivity index (χ0) is 23.2. The van der Waals surface area contributed by atoms with Gasteiger partial charge in [0.15, 0.2) is 0 Å². The fourth-order valence-electron chi connectivity index (χ4n) is 5.38. The van der Waals surface area contributed by atoms with Crippen molar-refractivity contribution in [2.24, 2.45) is 5.92 Å². The third-order valence-corrected chi connectivity index (χ3v) is 31.3. The molecule has 0 radical (unpaired) electrons. The number of rotatable bonds is 6. The summed E-state index contributed by atoms with van der Waals surface area (Å²) in [5.41, 5.74) is 7.84. The Bertz CT molecular complexity index is 1020. The van der Waals surface area contributed by atoms with E-state index in [1.54, 1.807) is 35.2 Å². The molecule has 2 aromatic rings. The fraction of sp³-hybridized carbons (Fsp3) is 0.355.